The van der Waals surface area contributed by atoms with E-state index in [1.54, 1.807) is 19.2 Å². The van der Waals surface area contributed by atoms with Crippen LogP contribution in [-0.2, 0) is 16.4 Å². The van der Waals surface area contributed by atoms with E-state index < -0.39 is 16.1 Å². The first-order valence-electron chi connectivity index (χ1n) is 10.2. The second-order valence-corrected chi connectivity index (χ2v) is 10.4. The molecule has 0 heterocycles. The zero-order chi connectivity index (χ0) is 23.9. The molecule has 9 heteroatoms. The molecule has 174 valence electrons. The van der Waals surface area contributed by atoms with Crippen molar-refractivity contribution in [3.8, 4) is 17.6 Å². The molecule has 0 radical (unpaired) electrons. The van der Waals surface area contributed by atoms with Gasteiger partial charge in [0.05, 0.1) is 45.3 Å². The highest BCUT2D eigenvalue weighted by molar-refractivity contribution is 7.92. The van der Waals surface area contributed by atoms with Crippen molar-refractivity contribution in [1.82, 2.24) is 0 Å². The van der Waals surface area contributed by atoms with E-state index in [0.29, 0.717) is 22.5 Å². The highest BCUT2D eigenvalue weighted by Crippen LogP contribution is 2.25. The van der Waals surface area contributed by atoms with Crippen molar-refractivity contribution in [2.75, 3.05) is 58.5 Å². The number of aliphatic hydroxyl groups excluding tert-OH is 1. The summed E-state index contributed by atoms with van der Waals surface area (Å²) in [5, 5.41) is 19.9. The number of sulfonamides is 1. The molecule has 0 spiro atoms. The molecule has 0 aromatic heterocycles. The van der Waals surface area contributed by atoms with E-state index in [0.717, 1.165) is 29.3 Å². The summed E-state index contributed by atoms with van der Waals surface area (Å²) in [5.41, 5.74) is 1.77. The Morgan fingerprint density at radius 1 is 1.19 bits per heavy atom. The van der Waals surface area contributed by atoms with Crippen LogP contribution in [0.1, 0.15) is 11.1 Å². The molecule has 0 amide bonds. The second-order valence-electron chi connectivity index (χ2n) is 8.43. The molecule has 2 rings (SSSR count). The number of nitrogens with zero attached hydrogens (tertiary/aromatic N) is 3. The molecule has 0 aliphatic carbocycles. The number of hydrogen-bond acceptors (Lipinski definition) is 6. The van der Waals surface area contributed by atoms with E-state index in [1.165, 1.54) is 18.7 Å². The molecule has 0 aliphatic heterocycles. The summed E-state index contributed by atoms with van der Waals surface area (Å²) in [4.78, 5) is 0. The minimum atomic E-state index is -3.43. The molecule has 1 unspecified atom stereocenters. The van der Waals surface area contributed by atoms with Crippen LogP contribution in [0.4, 0.5) is 5.69 Å². The molecule has 2 aromatic rings. The molecular formula is C23H32N3O5S+. The van der Waals surface area contributed by atoms with Gasteiger partial charge in [-0.2, -0.15) is 5.26 Å². The van der Waals surface area contributed by atoms with Gasteiger partial charge in [0.25, 0.3) is 0 Å². The summed E-state index contributed by atoms with van der Waals surface area (Å²) < 4.78 is 36.0. The van der Waals surface area contributed by atoms with Gasteiger partial charge in [-0.05, 0) is 35.9 Å². The van der Waals surface area contributed by atoms with E-state index in [-0.39, 0.29) is 12.2 Å². The molecule has 1 N–H and O–H groups in total. The number of anilines is 1. The molecule has 0 fully saturated rings. The Morgan fingerprint density at radius 2 is 1.84 bits per heavy atom. The minimum Gasteiger partial charge on any atom is -0.497 e. The van der Waals surface area contributed by atoms with E-state index in [4.69, 9.17) is 9.47 Å². The summed E-state index contributed by atoms with van der Waals surface area (Å²) in [6.07, 6.45) is 1.22. The first-order valence-corrected chi connectivity index (χ1v) is 12.0. The Balaban J connectivity index is 1.93. The molecule has 0 saturated carbocycles. The lowest BCUT2D eigenvalue weighted by atomic mass is 10.1. The van der Waals surface area contributed by atoms with Crippen LogP contribution in [0.25, 0.3) is 0 Å². The van der Waals surface area contributed by atoms with E-state index >= 15 is 0 Å². The number of likely N-dealkylation sites (N-methyl/N-ethyl adjacent to an activating group) is 1. The maximum Gasteiger partial charge on any atom is 0.231 e. The molecule has 1 atom stereocenters. The lowest BCUT2D eigenvalue weighted by Gasteiger charge is -2.32. The number of hydrogen-bond donors (Lipinski definition) is 1. The van der Waals surface area contributed by atoms with Crippen molar-refractivity contribution >= 4 is 15.7 Å². The quantitative estimate of drug-likeness (QED) is 0.513. The fraction of sp³-hybridized carbons (Fsp3) is 0.435. The van der Waals surface area contributed by atoms with Gasteiger partial charge in [-0.1, -0.05) is 12.1 Å². The molecule has 8 nitrogen and oxygen atoms in total. The topological polar surface area (TPSA) is 99.9 Å². The SMILES string of the molecule is COc1ccc(CC[N+](C)(C)CC(O)COc2ccc(N(C)S(C)(=O)=O)cc2C#N)cc1. The summed E-state index contributed by atoms with van der Waals surface area (Å²) in [7, 11) is 3.71. The summed E-state index contributed by atoms with van der Waals surface area (Å²) >= 11 is 0. The van der Waals surface area contributed by atoms with Crippen LogP contribution >= 0.6 is 0 Å². The molecule has 0 aliphatic rings. The third kappa shape index (κ3) is 7.41. The van der Waals surface area contributed by atoms with Gasteiger partial charge in [-0.15, -0.1) is 0 Å². The van der Waals surface area contributed by atoms with Gasteiger partial charge in [-0.3, -0.25) is 4.31 Å². The van der Waals surface area contributed by atoms with Gasteiger partial charge in [0.1, 0.15) is 36.8 Å². The van der Waals surface area contributed by atoms with Crippen LogP contribution in [0.3, 0.4) is 0 Å². The predicted molar refractivity (Wildman–Crippen MR) is 124 cm³/mol. The van der Waals surface area contributed by atoms with Crippen LogP contribution in [0.2, 0.25) is 0 Å². The lowest BCUT2D eigenvalue weighted by Crippen LogP contribution is -2.48. The Morgan fingerprint density at radius 3 is 2.41 bits per heavy atom. The number of benzene rings is 2. The standard InChI is InChI=1S/C23H32N3O5S/c1-25(32(5,28)29)20-8-11-23(19(14-20)15-24)31-17-21(27)16-26(2,3)13-12-18-6-9-22(30-4)10-7-18/h6-11,14,21,27H,12-13,16-17H2,1-5H3/q+1. The van der Waals surface area contributed by atoms with Gasteiger partial charge in [0.15, 0.2) is 0 Å². The van der Waals surface area contributed by atoms with Crippen molar-refractivity contribution in [3.05, 3.63) is 53.6 Å². The average molecular weight is 463 g/mol. The Labute approximate surface area is 190 Å². The average Bonchev–Trinajstić information content (AvgIpc) is 2.75. The van der Waals surface area contributed by atoms with E-state index in [1.807, 2.05) is 44.4 Å². The smallest absolute Gasteiger partial charge is 0.231 e. The Kier molecular flexibility index (Phi) is 8.50. The van der Waals surface area contributed by atoms with Gasteiger partial charge >= 0.3 is 0 Å². The number of quaternary nitrogens is 1. The summed E-state index contributed by atoms with van der Waals surface area (Å²) in [6.45, 7) is 1.34. The van der Waals surface area contributed by atoms with Crippen LogP contribution in [0.5, 0.6) is 11.5 Å². The van der Waals surface area contributed by atoms with E-state index in [2.05, 4.69) is 0 Å². The van der Waals surface area contributed by atoms with Gasteiger partial charge < -0.3 is 19.1 Å². The van der Waals surface area contributed by atoms with Crippen molar-refractivity contribution in [3.63, 3.8) is 0 Å². The van der Waals surface area contributed by atoms with Crippen molar-refractivity contribution in [2.45, 2.75) is 12.5 Å². The number of methoxy groups -OCH3 is 1. The lowest BCUT2D eigenvalue weighted by molar-refractivity contribution is -0.893. The van der Waals surface area contributed by atoms with Crippen molar-refractivity contribution < 1.29 is 27.5 Å². The maximum atomic E-state index is 11.7. The second kappa shape index (κ2) is 10.7. The fourth-order valence-electron chi connectivity index (χ4n) is 3.24. The van der Waals surface area contributed by atoms with Crippen molar-refractivity contribution in [2.24, 2.45) is 0 Å². The zero-order valence-electron chi connectivity index (χ0n) is 19.3. The van der Waals surface area contributed by atoms with Gasteiger partial charge in [0, 0.05) is 13.5 Å². The molecule has 2 aromatic carbocycles. The largest absolute Gasteiger partial charge is 0.497 e. The molecule has 0 saturated heterocycles. The first kappa shape index (κ1) is 25.5. The fourth-order valence-corrected chi connectivity index (χ4v) is 3.74. The van der Waals surface area contributed by atoms with E-state index in [9.17, 15) is 18.8 Å². The highest BCUT2D eigenvalue weighted by Gasteiger charge is 2.22. The third-order valence-electron chi connectivity index (χ3n) is 5.25. The van der Waals surface area contributed by atoms with Crippen molar-refractivity contribution in [1.29, 1.82) is 5.26 Å². The monoisotopic (exact) mass is 462 g/mol. The highest BCUT2D eigenvalue weighted by atomic mass is 32.2. The normalized spacial score (nSPS) is 12.7. The van der Waals surface area contributed by atoms with Gasteiger partial charge in [-0.25, -0.2) is 8.42 Å². The van der Waals surface area contributed by atoms with Crippen LogP contribution < -0.4 is 13.8 Å². The molecular weight excluding hydrogens is 430 g/mol. The first-order chi connectivity index (χ1) is 14.9. The molecule has 0 bridgehead atoms. The van der Waals surface area contributed by atoms with Gasteiger partial charge in [0.2, 0.25) is 10.0 Å². The van der Waals surface area contributed by atoms with Crippen LogP contribution in [0, 0.1) is 11.3 Å². The number of nitriles is 1. The number of rotatable bonds is 11. The molecule has 32 heavy (non-hydrogen) atoms. The maximum absolute atomic E-state index is 11.7. The Bertz CT molecular complexity index is 1050. The predicted octanol–water partition coefficient (Wildman–Crippen LogP) is 2.02. The minimum absolute atomic E-state index is 0.0279. The number of aliphatic hydroxyl groups is 1. The van der Waals surface area contributed by atoms with Crippen LogP contribution in [0.15, 0.2) is 42.5 Å². The third-order valence-corrected chi connectivity index (χ3v) is 6.45. The summed E-state index contributed by atoms with van der Waals surface area (Å²) in [5.74, 6) is 1.13. The summed E-state index contributed by atoms with van der Waals surface area (Å²) in [6, 6.07) is 14.5. The van der Waals surface area contributed by atoms with Crippen LogP contribution in [-0.4, -0.2) is 78.3 Å². The Hall–Kier alpha value is -2.80. The zero-order valence-corrected chi connectivity index (χ0v) is 20.1. The number of ether oxygens (including phenoxy) is 2.